The minimum absolute atomic E-state index is 0.0489. The molecule has 1 heterocycles. The van der Waals surface area contributed by atoms with Gasteiger partial charge in [0.05, 0.1) is 23.5 Å². The number of para-hydroxylation sites is 1. The summed E-state index contributed by atoms with van der Waals surface area (Å²) in [5.74, 6) is 0.560. The maximum absolute atomic E-state index is 12.5. The Kier molecular flexibility index (Phi) is 6.54. The van der Waals surface area contributed by atoms with E-state index in [1.165, 1.54) is 20.2 Å². The molecule has 3 aromatic rings. The van der Waals surface area contributed by atoms with E-state index in [0.29, 0.717) is 11.6 Å². The summed E-state index contributed by atoms with van der Waals surface area (Å²) in [5, 5.41) is 17.1. The first-order valence-electron chi connectivity index (χ1n) is 9.67. The molecule has 0 bridgehead atoms. The Morgan fingerprint density at radius 3 is 2.26 bits per heavy atom. The molecule has 0 saturated heterocycles. The van der Waals surface area contributed by atoms with Gasteiger partial charge >= 0.3 is 0 Å². The van der Waals surface area contributed by atoms with Gasteiger partial charge < -0.3 is 15.7 Å². The molecule has 0 aliphatic heterocycles. The van der Waals surface area contributed by atoms with Crippen LogP contribution >= 0.6 is 11.7 Å². The number of hydrogen-bond acceptors (Lipinski definition) is 8. The smallest absolute Gasteiger partial charge is 0.246 e. The summed E-state index contributed by atoms with van der Waals surface area (Å²) >= 11 is 1.02. The normalized spacial score (nSPS) is 13.2. The fourth-order valence-electron chi connectivity index (χ4n) is 3.10. The second-order valence-electron chi connectivity index (χ2n) is 8.38. The SMILES string of the molecule is CN(C)S(=O)(=O)c1cccc(Nc2nsnc2N[C@@H](c2ccccc2)C(C)(C)C)c1O. The van der Waals surface area contributed by atoms with Crippen LogP contribution in [0.25, 0.3) is 0 Å². The molecule has 0 radical (unpaired) electrons. The zero-order chi connectivity index (χ0) is 22.8. The summed E-state index contributed by atoms with van der Waals surface area (Å²) in [4.78, 5) is -0.183. The second-order valence-corrected chi connectivity index (χ2v) is 11.0. The van der Waals surface area contributed by atoms with E-state index in [2.05, 4.69) is 52.3 Å². The van der Waals surface area contributed by atoms with Crippen LogP contribution in [0.15, 0.2) is 53.4 Å². The maximum Gasteiger partial charge on any atom is 0.246 e. The molecule has 0 saturated carbocycles. The number of anilines is 3. The van der Waals surface area contributed by atoms with E-state index >= 15 is 0 Å². The Balaban J connectivity index is 1.93. The highest BCUT2D eigenvalue weighted by molar-refractivity contribution is 7.89. The first-order chi connectivity index (χ1) is 14.5. The minimum Gasteiger partial charge on any atom is -0.504 e. The van der Waals surface area contributed by atoms with E-state index in [1.54, 1.807) is 12.1 Å². The number of sulfonamides is 1. The van der Waals surface area contributed by atoms with Gasteiger partial charge in [-0.25, -0.2) is 12.7 Å². The van der Waals surface area contributed by atoms with Gasteiger partial charge in [0.25, 0.3) is 0 Å². The van der Waals surface area contributed by atoms with Gasteiger partial charge in [0.1, 0.15) is 4.90 Å². The number of rotatable bonds is 7. The van der Waals surface area contributed by atoms with Crippen molar-refractivity contribution in [2.24, 2.45) is 5.41 Å². The van der Waals surface area contributed by atoms with Gasteiger partial charge in [-0.05, 0) is 23.1 Å². The van der Waals surface area contributed by atoms with Crippen LogP contribution in [-0.2, 0) is 10.0 Å². The highest BCUT2D eigenvalue weighted by atomic mass is 32.2. The summed E-state index contributed by atoms with van der Waals surface area (Å²) in [5.41, 5.74) is 1.21. The third-order valence-corrected chi connectivity index (χ3v) is 7.15. The fourth-order valence-corrected chi connectivity index (χ4v) is 4.58. The molecule has 0 aliphatic carbocycles. The van der Waals surface area contributed by atoms with Crippen molar-refractivity contribution in [2.75, 3.05) is 24.7 Å². The highest BCUT2D eigenvalue weighted by Crippen LogP contribution is 2.39. The number of benzene rings is 2. The monoisotopic (exact) mass is 461 g/mol. The topological polar surface area (TPSA) is 107 Å². The Labute approximate surface area is 187 Å². The van der Waals surface area contributed by atoms with Crippen LogP contribution in [0.4, 0.5) is 17.3 Å². The molecule has 166 valence electrons. The van der Waals surface area contributed by atoms with E-state index in [1.807, 2.05) is 18.2 Å². The van der Waals surface area contributed by atoms with Crippen molar-refractivity contribution >= 4 is 39.1 Å². The molecule has 10 heteroatoms. The summed E-state index contributed by atoms with van der Waals surface area (Å²) in [6.07, 6.45) is 0. The molecule has 31 heavy (non-hydrogen) atoms. The van der Waals surface area contributed by atoms with Gasteiger partial charge in [-0.2, -0.15) is 8.75 Å². The molecule has 0 amide bonds. The van der Waals surface area contributed by atoms with Crippen molar-refractivity contribution in [3.05, 3.63) is 54.1 Å². The minimum atomic E-state index is -3.80. The first-order valence-corrected chi connectivity index (χ1v) is 11.8. The molecule has 2 aromatic carbocycles. The van der Waals surface area contributed by atoms with Crippen molar-refractivity contribution in [3.63, 3.8) is 0 Å². The lowest BCUT2D eigenvalue weighted by Crippen LogP contribution is -2.26. The molecule has 1 atom stereocenters. The zero-order valence-electron chi connectivity index (χ0n) is 18.1. The predicted octanol–water partition coefficient (Wildman–Crippen LogP) is 4.44. The molecule has 1 aromatic heterocycles. The Hall–Kier alpha value is -2.69. The Bertz CT molecular complexity index is 1140. The average molecular weight is 462 g/mol. The van der Waals surface area contributed by atoms with Crippen molar-refractivity contribution in [1.82, 2.24) is 13.1 Å². The van der Waals surface area contributed by atoms with Crippen LogP contribution in [0.1, 0.15) is 32.4 Å². The van der Waals surface area contributed by atoms with Crippen LogP contribution in [0, 0.1) is 5.41 Å². The quantitative estimate of drug-likeness (QED) is 0.447. The highest BCUT2D eigenvalue weighted by Gasteiger charge is 2.28. The number of phenols is 1. The lowest BCUT2D eigenvalue weighted by molar-refractivity contribution is 0.347. The van der Waals surface area contributed by atoms with Crippen molar-refractivity contribution in [3.8, 4) is 5.75 Å². The summed E-state index contributed by atoms with van der Waals surface area (Å²) < 4.78 is 34.7. The van der Waals surface area contributed by atoms with Crippen LogP contribution in [0.3, 0.4) is 0 Å². The molecule has 0 aliphatic rings. The lowest BCUT2D eigenvalue weighted by atomic mass is 9.82. The molecule has 0 spiro atoms. The fraction of sp³-hybridized carbons (Fsp3) is 0.333. The molecule has 0 unspecified atom stereocenters. The number of aromatic hydroxyl groups is 1. The molecule has 3 rings (SSSR count). The van der Waals surface area contributed by atoms with E-state index in [-0.39, 0.29) is 27.8 Å². The van der Waals surface area contributed by atoms with Gasteiger partial charge in [0.15, 0.2) is 17.4 Å². The largest absolute Gasteiger partial charge is 0.504 e. The van der Waals surface area contributed by atoms with Crippen LogP contribution in [0.2, 0.25) is 0 Å². The Morgan fingerprint density at radius 1 is 1.00 bits per heavy atom. The average Bonchev–Trinajstić information content (AvgIpc) is 3.14. The summed E-state index contributed by atoms with van der Waals surface area (Å²) in [6, 6.07) is 14.5. The number of nitrogens with zero attached hydrogens (tertiary/aromatic N) is 3. The molecular weight excluding hydrogens is 434 g/mol. The second kappa shape index (κ2) is 8.81. The maximum atomic E-state index is 12.5. The Morgan fingerprint density at radius 2 is 1.65 bits per heavy atom. The third kappa shape index (κ3) is 4.97. The van der Waals surface area contributed by atoms with Gasteiger partial charge in [0, 0.05) is 14.1 Å². The summed E-state index contributed by atoms with van der Waals surface area (Å²) in [7, 11) is -0.971. The number of hydrogen-bond donors (Lipinski definition) is 3. The third-order valence-electron chi connectivity index (χ3n) is 4.78. The summed E-state index contributed by atoms with van der Waals surface area (Å²) in [6.45, 7) is 6.39. The van der Waals surface area contributed by atoms with Crippen LogP contribution in [-0.4, -0.2) is 40.7 Å². The molecular formula is C21H27N5O3S2. The number of aromatic nitrogens is 2. The van der Waals surface area contributed by atoms with Gasteiger partial charge in [-0.1, -0.05) is 57.2 Å². The van der Waals surface area contributed by atoms with Crippen LogP contribution < -0.4 is 10.6 Å². The molecule has 8 nitrogen and oxygen atoms in total. The van der Waals surface area contributed by atoms with Crippen molar-refractivity contribution < 1.29 is 13.5 Å². The van der Waals surface area contributed by atoms with Crippen molar-refractivity contribution in [2.45, 2.75) is 31.7 Å². The molecule has 3 N–H and O–H groups in total. The van der Waals surface area contributed by atoms with E-state index in [9.17, 15) is 13.5 Å². The van der Waals surface area contributed by atoms with Gasteiger partial charge in [-0.15, -0.1) is 0 Å². The van der Waals surface area contributed by atoms with Gasteiger partial charge in [-0.3, -0.25) is 0 Å². The van der Waals surface area contributed by atoms with Crippen molar-refractivity contribution in [1.29, 1.82) is 0 Å². The first kappa shape index (κ1) is 23.0. The standard InChI is InChI=1S/C21H27N5O3S2/c1-21(2,3)18(14-10-7-6-8-11-14)23-20-19(24-30-25-20)22-15-12-9-13-16(17(15)27)31(28,29)26(4)5/h6-13,18,27H,1-5H3,(H,22,24)(H,23,25)/t18-/m0/s1. The van der Waals surface area contributed by atoms with E-state index in [4.69, 9.17) is 0 Å². The molecule has 0 fully saturated rings. The number of nitrogens with one attached hydrogen (secondary N) is 2. The zero-order valence-corrected chi connectivity index (χ0v) is 19.8. The lowest BCUT2D eigenvalue weighted by Gasteiger charge is -2.32. The van der Waals surface area contributed by atoms with E-state index in [0.717, 1.165) is 21.6 Å². The van der Waals surface area contributed by atoms with Gasteiger partial charge in [0.2, 0.25) is 10.0 Å². The predicted molar refractivity (Wildman–Crippen MR) is 124 cm³/mol. The van der Waals surface area contributed by atoms with Crippen LogP contribution in [0.5, 0.6) is 5.75 Å². The number of phenolic OH excluding ortho intramolecular Hbond substituents is 1. The van der Waals surface area contributed by atoms with E-state index < -0.39 is 10.0 Å².